The molecule has 2 atom stereocenters. The molecule has 0 aromatic rings. The van der Waals surface area contributed by atoms with Crippen molar-refractivity contribution in [2.45, 2.75) is 44.6 Å². The summed E-state index contributed by atoms with van der Waals surface area (Å²) in [4.78, 5) is 25.7. The zero-order chi connectivity index (χ0) is 12.1. The van der Waals surface area contributed by atoms with Crippen LogP contribution in [0.25, 0.3) is 0 Å². The molecule has 2 aliphatic heterocycles. The van der Waals surface area contributed by atoms with E-state index < -0.39 is 0 Å². The van der Waals surface area contributed by atoms with Gasteiger partial charge in [0, 0.05) is 5.75 Å². The van der Waals surface area contributed by atoms with E-state index in [0.29, 0.717) is 5.75 Å². The monoisotopic (exact) mass is 242 g/mol. The van der Waals surface area contributed by atoms with Crippen LogP contribution in [0.15, 0.2) is 0 Å². The van der Waals surface area contributed by atoms with Crippen LogP contribution in [0.2, 0.25) is 0 Å². The van der Waals surface area contributed by atoms with E-state index in [-0.39, 0.29) is 34.7 Å². The first kappa shape index (κ1) is 11.8. The van der Waals surface area contributed by atoms with Gasteiger partial charge < -0.3 is 10.2 Å². The molecule has 16 heavy (non-hydrogen) atoms. The zero-order valence-electron chi connectivity index (χ0n) is 10.1. The summed E-state index contributed by atoms with van der Waals surface area (Å²) in [7, 11) is 0. The summed E-state index contributed by atoms with van der Waals surface area (Å²) >= 11 is 1.67. The molecule has 0 aromatic carbocycles. The fourth-order valence-electron chi connectivity index (χ4n) is 2.33. The third-order valence-electron chi connectivity index (χ3n) is 3.26. The van der Waals surface area contributed by atoms with Crippen molar-refractivity contribution in [1.29, 1.82) is 0 Å². The van der Waals surface area contributed by atoms with Crippen LogP contribution in [-0.2, 0) is 9.59 Å². The molecule has 1 N–H and O–H groups in total. The van der Waals surface area contributed by atoms with E-state index in [4.69, 9.17) is 0 Å². The Bertz CT molecular complexity index is 341. The molecule has 4 nitrogen and oxygen atoms in total. The van der Waals surface area contributed by atoms with Crippen molar-refractivity contribution in [1.82, 2.24) is 10.2 Å². The molecule has 0 unspecified atom stereocenters. The van der Waals surface area contributed by atoms with Gasteiger partial charge in [0.05, 0.1) is 4.87 Å². The first-order chi connectivity index (χ1) is 7.34. The molecule has 2 amide bonds. The summed E-state index contributed by atoms with van der Waals surface area (Å²) in [6, 6.07) is -0.635. The van der Waals surface area contributed by atoms with Gasteiger partial charge in [-0.2, -0.15) is 0 Å². The number of carbonyl (C=O) groups is 2. The number of hydrogen-bond donors (Lipinski definition) is 1. The highest BCUT2D eigenvalue weighted by molar-refractivity contribution is 8.00. The highest BCUT2D eigenvalue weighted by Gasteiger charge is 2.52. The SMILES string of the molecule is CC(C)[C@@H]1NC(=O)[C@@H]2CSC(C)(C)N2C1=O. The summed E-state index contributed by atoms with van der Waals surface area (Å²) in [6.07, 6.45) is 0. The van der Waals surface area contributed by atoms with Crippen molar-refractivity contribution in [2.24, 2.45) is 5.92 Å². The lowest BCUT2D eigenvalue weighted by Crippen LogP contribution is -2.66. The summed E-state index contributed by atoms with van der Waals surface area (Å²) in [6.45, 7) is 7.93. The molecule has 2 aliphatic rings. The Morgan fingerprint density at radius 2 is 2.06 bits per heavy atom. The molecule has 2 fully saturated rings. The quantitative estimate of drug-likeness (QED) is 0.740. The average molecular weight is 242 g/mol. The van der Waals surface area contributed by atoms with Crippen LogP contribution in [0.3, 0.4) is 0 Å². The molecule has 0 radical (unpaired) electrons. The normalized spacial score (nSPS) is 32.9. The molecule has 0 spiro atoms. The number of nitrogens with zero attached hydrogens (tertiary/aromatic N) is 1. The number of thioether (sulfide) groups is 1. The summed E-state index contributed by atoms with van der Waals surface area (Å²) in [5.74, 6) is 0.903. The van der Waals surface area contributed by atoms with Crippen LogP contribution in [0.1, 0.15) is 27.7 Å². The number of nitrogens with one attached hydrogen (secondary N) is 1. The van der Waals surface area contributed by atoms with Crippen LogP contribution in [-0.4, -0.2) is 39.4 Å². The van der Waals surface area contributed by atoms with Gasteiger partial charge in [-0.3, -0.25) is 9.59 Å². The Morgan fingerprint density at radius 3 is 2.62 bits per heavy atom. The van der Waals surface area contributed by atoms with Crippen LogP contribution in [0.4, 0.5) is 0 Å². The minimum atomic E-state index is -0.360. The predicted octanol–water partition coefficient (Wildman–Crippen LogP) is 0.821. The molecular weight excluding hydrogens is 224 g/mol. The Labute approximate surface area is 100 Å². The maximum atomic E-state index is 12.3. The van der Waals surface area contributed by atoms with Gasteiger partial charge in [-0.1, -0.05) is 13.8 Å². The molecule has 0 bridgehead atoms. The van der Waals surface area contributed by atoms with Gasteiger partial charge in [-0.15, -0.1) is 11.8 Å². The van der Waals surface area contributed by atoms with Gasteiger partial charge in [0.2, 0.25) is 11.8 Å². The number of fused-ring (bicyclic) bond motifs is 1. The van der Waals surface area contributed by atoms with E-state index in [2.05, 4.69) is 5.32 Å². The lowest BCUT2D eigenvalue weighted by molar-refractivity contribution is -0.151. The largest absolute Gasteiger partial charge is 0.342 e. The van der Waals surface area contributed by atoms with Crippen molar-refractivity contribution in [3.63, 3.8) is 0 Å². The van der Waals surface area contributed by atoms with Gasteiger partial charge in [0.1, 0.15) is 12.1 Å². The molecule has 90 valence electrons. The first-order valence-corrected chi connectivity index (χ1v) is 6.60. The number of carbonyl (C=O) groups excluding carboxylic acids is 2. The topological polar surface area (TPSA) is 49.4 Å². The standard InChI is InChI=1S/C11H18N2O2S/c1-6(2)8-10(15)13-7(9(14)12-8)5-16-11(13,3)4/h6-8H,5H2,1-4H3,(H,12,14)/t7-,8-/m0/s1. The molecule has 2 rings (SSSR count). The number of amides is 2. The Morgan fingerprint density at radius 1 is 1.44 bits per heavy atom. The second kappa shape index (κ2) is 3.65. The van der Waals surface area contributed by atoms with Crippen LogP contribution >= 0.6 is 11.8 Å². The Balaban J connectivity index is 2.32. The zero-order valence-corrected chi connectivity index (χ0v) is 10.9. The van der Waals surface area contributed by atoms with Crippen LogP contribution < -0.4 is 5.32 Å². The third kappa shape index (κ3) is 1.61. The Hall–Kier alpha value is -0.710. The molecule has 0 aromatic heterocycles. The van der Waals surface area contributed by atoms with Gasteiger partial charge in [-0.25, -0.2) is 0 Å². The van der Waals surface area contributed by atoms with E-state index in [1.165, 1.54) is 0 Å². The fourth-order valence-corrected chi connectivity index (χ4v) is 3.55. The minimum Gasteiger partial charge on any atom is -0.342 e. The van der Waals surface area contributed by atoms with Crippen molar-refractivity contribution in [3.05, 3.63) is 0 Å². The van der Waals surface area contributed by atoms with E-state index in [0.717, 1.165) is 0 Å². The Kier molecular flexibility index (Phi) is 2.69. The van der Waals surface area contributed by atoms with Crippen LogP contribution in [0, 0.1) is 5.92 Å². The highest BCUT2D eigenvalue weighted by Crippen LogP contribution is 2.41. The number of piperazine rings is 1. The average Bonchev–Trinajstić information content (AvgIpc) is 2.48. The second-order valence-corrected chi connectivity index (χ2v) is 6.83. The van der Waals surface area contributed by atoms with Gasteiger partial charge in [0.15, 0.2) is 0 Å². The van der Waals surface area contributed by atoms with E-state index in [1.807, 2.05) is 27.7 Å². The first-order valence-electron chi connectivity index (χ1n) is 5.62. The second-order valence-electron chi connectivity index (χ2n) is 5.21. The third-order valence-corrected chi connectivity index (χ3v) is 4.64. The van der Waals surface area contributed by atoms with Gasteiger partial charge >= 0.3 is 0 Å². The summed E-state index contributed by atoms with van der Waals surface area (Å²) < 4.78 is 0. The van der Waals surface area contributed by atoms with E-state index >= 15 is 0 Å². The van der Waals surface area contributed by atoms with Gasteiger partial charge in [0.25, 0.3) is 0 Å². The molecular formula is C11H18N2O2S. The maximum Gasteiger partial charge on any atom is 0.247 e. The van der Waals surface area contributed by atoms with Crippen molar-refractivity contribution in [3.8, 4) is 0 Å². The molecule has 2 heterocycles. The fraction of sp³-hybridized carbons (Fsp3) is 0.818. The maximum absolute atomic E-state index is 12.3. The summed E-state index contributed by atoms with van der Waals surface area (Å²) in [5.41, 5.74) is 0. The van der Waals surface area contributed by atoms with E-state index in [9.17, 15) is 9.59 Å². The molecule has 0 saturated carbocycles. The lowest BCUT2D eigenvalue weighted by atomic mass is 9.97. The van der Waals surface area contributed by atoms with Crippen molar-refractivity contribution >= 4 is 23.6 Å². The minimum absolute atomic E-state index is 0.00336. The molecule has 0 aliphatic carbocycles. The molecule has 5 heteroatoms. The molecule has 2 saturated heterocycles. The lowest BCUT2D eigenvalue weighted by Gasteiger charge is -2.41. The number of rotatable bonds is 1. The highest BCUT2D eigenvalue weighted by atomic mass is 32.2. The smallest absolute Gasteiger partial charge is 0.247 e. The number of hydrogen-bond acceptors (Lipinski definition) is 3. The van der Waals surface area contributed by atoms with Crippen molar-refractivity contribution < 1.29 is 9.59 Å². The van der Waals surface area contributed by atoms with Crippen molar-refractivity contribution in [2.75, 3.05) is 5.75 Å². The van der Waals surface area contributed by atoms with E-state index in [1.54, 1.807) is 16.7 Å². The summed E-state index contributed by atoms with van der Waals surface area (Å²) in [5, 5.41) is 2.83. The predicted molar refractivity (Wildman–Crippen MR) is 63.9 cm³/mol. The van der Waals surface area contributed by atoms with Crippen LogP contribution in [0.5, 0.6) is 0 Å². The van der Waals surface area contributed by atoms with Gasteiger partial charge in [-0.05, 0) is 19.8 Å².